The summed E-state index contributed by atoms with van der Waals surface area (Å²) in [6.07, 6.45) is 4.12. The Morgan fingerprint density at radius 2 is 1.77 bits per heavy atom. The highest BCUT2D eigenvalue weighted by molar-refractivity contribution is 7.80. The van der Waals surface area contributed by atoms with Crippen LogP contribution in [0.15, 0.2) is 42.5 Å². The van der Waals surface area contributed by atoms with E-state index < -0.39 is 0 Å². The van der Waals surface area contributed by atoms with Crippen molar-refractivity contribution < 1.29 is 4.79 Å². The number of rotatable bonds is 5. The first-order chi connectivity index (χ1) is 14.5. The quantitative estimate of drug-likeness (QED) is 0.680. The zero-order valence-corrected chi connectivity index (χ0v) is 18.6. The van der Waals surface area contributed by atoms with E-state index in [1.54, 1.807) is 0 Å². The Labute approximate surface area is 184 Å². The molecule has 1 amide bonds. The molecule has 30 heavy (non-hydrogen) atoms. The van der Waals surface area contributed by atoms with Crippen LogP contribution in [-0.2, 0) is 4.79 Å². The van der Waals surface area contributed by atoms with Gasteiger partial charge in [0.1, 0.15) is 0 Å². The van der Waals surface area contributed by atoms with Crippen LogP contribution in [0.5, 0.6) is 0 Å². The van der Waals surface area contributed by atoms with Crippen LogP contribution in [-0.4, -0.2) is 30.7 Å². The number of carbonyl (C=O) groups excluding carboxylic acids is 1. The van der Waals surface area contributed by atoms with E-state index in [1.165, 1.54) is 24.1 Å². The van der Waals surface area contributed by atoms with E-state index in [0.29, 0.717) is 11.5 Å². The third-order valence-electron chi connectivity index (χ3n) is 6.04. The minimum absolute atomic E-state index is 0.0997. The van der Waals surface area contributed by atoms with Gasteiger partial charge >= 0.3 is 0 Å². The second-order valence-electron chi connectivity index (χ2n) is 8.26. The van der Waals surface area contributed by atoms with Gasteiger partial charge in [0.05, 0.1) is 6.04 Å². The molecular weight excluding hydrogens is 392 g/mol. The maximum Gasteiger partial charge on any atom is 0.227 e. The Morgan fingerprint density at radius 1 is 1.03 bits per heavy atom. The Morgan fingerprint density at radius 3 is 2.43 bits per heavy atom. The van der Waals surface area contributed by atoms with Gasteiger partial charge in [0.15, 0.2) is 5.11 Å². The first kappa shape index (κ1) is 20.7. The summed E-state index contributed by atoms with van der Waals surface area (Å²) in [5.41, 5.74) is 5.46. The van der Waals surface area contributed by atoms with Gasteiger partial charge < -0.3 is 20.4 Å². The zero-order chi connectivity index (χ0) is 21.1. The summed E-state index contributed by atoms with van der Waals surface area (Å²) in [4.78, 5) is 16.5. The molecule has 2 aromatic rings. The number of benzene rings is 2. The average molecular weight is 423 g/mol. The molecule has 5 nitrogen and oxygen atoms in total. The third-order valence-corrected chi connectivity index (χ3v) is 6.26. The molecule has 2 heterocycles. The molecule has 0 aromatic heterocycles. The molecule has 1 atom stereocenters. The maximum absolute atomic E-state index is 12.1. The summed E-state index contributed by atoms with van der Waals surface area (Å²) >= 11 is 5.55. The Kier molecular flexibility index (Phi) is 6.23. The number of nitrogens with one attached hydrogen (secondary N) is 2. The summed E-state index contributed by atoms with van der Waals surface area (Å²) < 4.78 is 0. The van der Waals surface area contributed by atoms with Crippen molar-refractivity contribution in [3.63, 3.8) is 0 Å². The molecule has 2 aromatic carbocycles. The topological polar surface area (TPSA) is 47.6 Å². The van der Waals surface area contributed by atoms with E-state index in [0.717, 1.165) is 43.0 Å². The van der Waals surface area contributed by atoms with E-state index in [-0.39, 0.29) is 11.9 Å². The van der Waals surface area contributed by atoms with Gasteiger partial charge in [-0.15, -0.1) is 0 Å². The zero-order valence-electron chi connectivity index (χ0n) is 17.8. The second kappa shape index (κ2) is 9.04. The van der Waals surface area contributed by atoms with E-state index in [4.69, 9.17) is 12.2 Å². The highest BCUT2D eigenvalue weighted by Gasteiger charge is 2.23. The summed E-state index contributed by atoms with van der Waals surface area (Å²) in [6.45, 7) is 7.25. The molecule has 0 unspecified atom stereocenters. The number of hydrogen-bond donors (Lipinski definition) is 2. The molecule has 0 aliphatic carbocycles. The van der Waals surface area contributed by atoms with Crippen LogP contribution in [0.25, 0.3) is 0 Å². The van der Waals surface area contributed by atoms with Gasteiger partial charge in [-0.25, -0.2) is 0 Å². The molecule has 0 saturated carbocycles. The lowest BCUT2D eigenvalue weighted by molar-refractivity contribution is -0.117. The molecule has 0 spiro atoms. The van der Waals surface area contributed by atoms with Gasteiger partial charge in [-0.3, -0.25) is 4.79 Å². The van der Waals surface area contributed by atoms with Crippen molar-refractivity contribution >= 4 is 40.3 Å². The van der Waals surface area contributed by atoms with Gasteiger partial charge in [-0.1, -0.05) is 18.2 Å². The predicted molar refractivity (Wildman–Crippen MR) is 128 cm³/mol. The number of hydrogen-bond acceptors (Lipinski definition) is 3. The third kappa shape index (κ3) is 4.59. The molecule has 4 rings (SSSR count). The minimum Gasteiger partial charge on any atom is -0.372 e. The van der Waals surface area contributed by atoms with Crippen molar-refractivity contribution in [3.8, 4) is 0 Å². The predicted octanol–water partition coefficient (Wildman–Crippen LogP) is 4.77. The SMILES string of the molecule is Cc1ccc(NC(=S)N[C@H](C)c2ccc(N3CCCC3)cc2)cc1N1CCCC1=O. The lowest BCUT2D eigenvalue weighted by Gasteiger charge is -2.22. The van der Waals surface area contributed by atoms with Crippen LogP contribution >= 0.6 is 12.2 Å². The van der Waals surface area contributed by atoms with E-state index >= 15 is 0 Å². The number of thiocarbonyl (C=S) groups is 1. The van der Waals surface area contributed by atoms with Gasteiger partial charge in [-0.2, -0.15) is 0 Å². The fraction of sp³-hybridized carbons (Fsp3) is 0.417. The monoisotopic (exact) mass is 422 g/mol. The fourth-order valence-electron chi connectivity index (χ4n) is 4.28. The van der Waals surface area contributed by atoms with Crippen LogP contribution < -0.4 is 20.4 Å². The van der Waals surface area contributed by atoms with Gasteiger partial charge in [-0.05, 0) is 80.7 Å². The van der Waals surface area contributed by atoms with Gasteiger partial charge in [0.2, 0.25) is 5.91 Å². The number of amides is 1. The second-order valence-corrected chi connectivity index (χ2v) is 8.66. The lowest BCUT2D eigenvalue weighted by atomic mass is 10.1. The summed E-state index contributed by atoms with van der Waals surface area (Å²) in [6, 6.07) is 14.9. The Balaban J connectivity index is 1.37. The number of aryl methyl sites for hydroxylation is 1. The molecular formula is C24H30N4OS. The number of carbonyl (C=O) groups is 1. The Hall–Kier alpha value is -2.60. The highest BCUT2D eigenvalue weighted by atomic mass is 32.1. The van der Waals surface area contributed by atoms with E-state index in [1.807, 2.05) is 30.0 Å². The van der Waals surface area contributed by atoms with Crippen molar-refractivity contribution in [3.05, 3.63) is 53.6 Å². The van der Waals surface area contributed by atoms with Crippen molar-refractivity contribution in [2.24, 2.45) is 0 Å². The molecule has 0 bridgehead atoms. The molecule has 2 saturated heterocycles. The van der Waals surface area contributed by atoms with Crippen LogP contribution in [0.2, 0.25) is 0 Å². The molecule has 2 aliphatic heterocycles. The summed E-state index contributed by atoms with van der Waals surface area (Å²) in [5, 5.41) is 7.23. The maximum atomic E-state index is 12.1. The van der Waals surface area contributed by atoms with Gasteiger partial charge in [0.25, 0.3) is 0 Å². The molecule has 2 aliphatic rings. The van der Waals surface area contributed by atoms with E-state index in [9.17, 15) is 4.79 Å². The van der Waals surface area contributed by atoms with Crippen LogP contribution in [0, 0.1) is 6.92 Å². The van der Waals surface area contributed by atoms with E-state index in [2.05, 4.69) is 46.7 Å². The normalized spacial score (nSPS) is 17.3. The minimum atomic E-state index is 0.0997. The molecule has 0 radical (unpaired) electrons. The van der Waals surface area contributed by atoms with Crippen molar-refractivity contribution in [2.45, 2.75) is 45.6 Å². The van der Waals surface area contributed by atoms with Crippen molar-refractivity contribution in [1.82, 2.24) is 5.32 Å². The highest BCUT2D eigenvalue weighted by Crippen LogP contribution is 2.28. The largest absolute Gasteiger partial charge is 0.372 e. The Bertz CT molecular complexity index is 921. The average Bonchev–Trinajstić information content (AvgIpc) is 3.41. The molecule has 2 fully saturated rings. The molecule has 158 valence electrons. The standard InChI is InChI=1S/C24H30N4OS/c1-17-7-10-20(16-22(17)28-15-5-6-23(28)29)26-24(30)25-18(2)19-8-11-21(12-9-19)27-13-3-4-14-27/h7-12,16,18H,3-6,13-15H2,1-2H3,(H2,25,26,30)/t18-/m1/s1. The summed E-state index contributed by atoms with van der Waals surface area (Å²) in [7, 11) is 0. The van der Waals surface area contributed by atoms with Crippen molar-refractivity contribution in [1.29, 1.82) is 0 Å². The lowest BCUT2D eigenvalue weighted by Crippen LogP contribution is -2.31. The van der Waals surface area contributed by atoms with Crippen LogP contribution in [0.3, 0.4) is 0 Å². The van der Waals surface area contributed by atoms with Crippen LogP contribution in [0.4, 0.5) is 17.1 Å². The van der Waals surface area contributed by atoms with Gasteiger partial charge in [0, 0.05) is 43.1 Å². The summed E-state index contributed by atoms with van der Waals surface area (Å²) in [5.74, 6) is 0.196. The molecule has 2 N–H and O–H groups in total. The number of anilines is 3. The smallest absolute Gasteiger partial charge is 0.227 e. The molecule has 6 heteroatoms. The van der Waals surface area contributed by atoms with Crippen LogP contribution in [0.1, 0.15) is 49.8 Å². The fourth-order valence-corrected chi connectivity index (χ4v) is 4.57. The first-order valence-corrected chi connectivity index (χ1v) is 11.3. The first-order valence-electron chi connectivity index (χ1n) is 10.8. The van der Waals surface area contributed by atoms with Crippen molar-refractivity contribution in [2.75, 3.05) is 34.8 Å². The number of nitrogens with zero attached hydrogens (tertiary/aromatic N) is 2.